The maximum atomic E-state index is 13.7. The fourth-order valence-electron chi connectivity index (χ4n) is 4.38. The van der Waals surface area contributed by atoms with Crippen molar-refractivity contribution in [1.29, 1.82) is 0 Å². The lowest BCUT2D eigenvalue weighted by Crippen LogP contribution is -2.49. The van der Waals surface area contributed by atoms with Gasteiger partial charge in [0.25, 0.3) is 11.6 Å². The zero-order chi connectivity index (χ0) is 25.9. The van der Waals surface area contributed by atoms with Gasteiger partial charge in [0.2, 0.25) is 0 Å². The second kappa shape index (κ2) is 10.3. The summed E-state index contributed by atoms with van der Waals surface area (Å²) in [4.78, 5) is 28.2. The Hall–Kier alpha value is -4.37. The molecule has 1 aliphatic heterocycles. The van der Waals surface area contributed by atoms with Crippen LogP contribution < -0.4 is 9.64 Å². The molecule has 0 unspecified atom stereocenters. The third-order valence-electron chi connectivity index (χ3n) is 6.37. The lowest BCUT2D eigenvalue weighted by molar-refractivity contribution is -0.384. The van der Waals surface area contributed by atoms with Gasteiger partial charge in [0.15, 0.2) is 0 Å². The molecule has 4 aromatic rings. The van der Waals surface area contributed by atoms with Crippen LogP contribution in [0.3, 0.4) is 0 Å². The molecule has 0 saturated carbocycles. The van der Waals surface area contributed by atoms with Crippen molar-refractivity contribution in [3.63, 3.8) is 0 Å². The van der Waals surface area contributed by atoms with Crippen LogP contribution in [0, 0.1) is 10.1 Å². The Bertz CT molecular complexity index is 1450. The van der Waals surface area contributed by atoms with Crippen LogP contribution in [0.4, 0.5) is 11.4 Å². The molecule has 0 bridgehead atoms. The molecule has 0 aliphatic carbocycles. The number of para-hydroxylation sites is 1. The number of nitro benzene ring substituents is 1. The van der Waals surface area contributed by atoms with Crippen molar-refractivity contribution in [2.24, 2.45) is 0 Å². The predicted octanol–water partition coefficient (Wildman–Crippen LogP) is 5.07. The molecule has 1 aromatic heterocycles. The van der Waals surface area contributed by atoms with Crippen LogP contribution in [-0.4, -0.2) is 58.8 Å². The van der Waals surface area contributed by atoms with E-state index in [4.69, 9.17) is 21.4 Å². The van der Waals surface area contributed by atoms with Gasteiger partial charge >= 0.3 is 0 Å². The topological polar surface area (TPSA) is 93.7 Å². The van der Waals surface area contributed by atoms with Gasteiger partial charge in [-0.05, 0) is 42.5 Å². The fraction of sp³-hybridized carbons (Fsp3) is 0.185. The number of halogens is 1. The first kappa shape index (κ1) is 24.3. The summed E-state index contributed by atoms with van der Waals surface area (Å²) in [6.45, 7) is 2.20. The molecule has 1 saturated heterocycles. The molecule has 1 fully saturated rings. The summed E-state index contributed by atoms with van der Waals surface area (Å²) in [5.74, 6) is 0.546. The van der Waals surface area contributed by atoms with E-state index in [1.165, 1.54) is 12.1 Å². The van der Waals surface area contributed by atoms with Crippen molar-refractivity contribution in [3.05, 3.63) is 99.7 Å². The zero-order valence-electron chi connectivity index (χ0n) is 20.1. The highest BCUT2D eigenvalue weighted by atomic mass is 35.5. The molecule has 0 radical (unpaired) electrons. The lowest BCUT2D eigenvalue weighted by Gasteiger charge is -2.36. The largest absolute Gasteiger partial charge is 0.497 e. The number of nitrogens with zero attached hydrogens (tertiary/aromatic N) is 5. The van der Waals surface area contributed by atoms with Gasteiger partial charge in [-0.2, -0.15) is 5.10 Å². The molecule has 3 aromatic carbocycles. The number of rotatable bonds is 6. The molecular formula is C27H24ClN5O4. The summed E-state index contributed by atoms with van der Waals surface area (Å²) in [6.07, 6.45) is 0. The number of ether oxygens (including phenoxy) is 1. The van der Waals surface area contributed by atoms with Gasteiger partial charge < -0.3 is 14.5 Å². The molecule has 0 atom stereocenters. The van der Waals surface area contributed by atoms with Crippen molar-refractivity contribution in [1.82, 2.24) is 14.7 Å². The monoisotopic (exact) mass is 517 g/mol. The van der Waals surface area contributed by atoms with Gasteiger partial charge in [-0.3, -0.25) is 14.9 Å². The molecule has 1 amide bonds. The zero-order valence-corrected chi connectivity index (χ0v) is 20.8. The van der Waals surface area contributed by atoms with E-state index in [9.17, 15) is 14.9 Å². The molecule has 10 heteroatoms. The van der Waals surface area contributed by atoms with Crippen molar-refractivity contribution in [2.75, 3.05) is 38.2 Å². The third kappa shape index (κ3) is 4.99. The summed E-state index contributed by atoms with van der Waals surface area (Å²) in [5, 5.41) is 16.2. The lowest BCUT2D eigenvalue weighted by atomic mass is 10.1. The molecule has 188 valence electrons. The summed E-state index contributed by atoms with van der Waals surface area (Å²) in [5.41, 5.74) is 3.42. The van der Waals surface area contributed by atoms with Gasteiger partial charge in [0.05, 0.1) is 28.4 Å². The number of non-ortho nitro benzene ring substituents is 1. The van der Waals surface area contributed by atoms with Crippen LogP contribution in [0.25, 0.3) is 16.9 Å². The summed E-state index contributed by atoms with van der Waals surface area (Å²) >= 11 is 6.49. The number of benzene rings is 3. The minimum absolute atomic E-state index is 0.0530. The van der Waals surface area contributed by atoms with Gasteiger partial charge in [0, 0.05) is 49.6 Å². The van der Waals surface area contributed by atoms with Crippen molar-refractivity contribution < 1.29 is 14.5 Å². The van der Waals surface area contributed by atoms with Crippen LogP contribution in [0.2, 0.25) is 5.02 Å². The van der Waals surface area contributed by atoms with E-state index in [-0.39, 0.29) is 11.6 Å². The Kier molecular flexibility index (Phi) is 6.78. The quantitative estimate of drug-likeness (QED) is 0.262. The Morgan fingerprint density at radius 2 is 1.70 bits per heavy atom. The van der Waals surface area contributed by atoms with Crippen molar-refractivity contribution in [3.8, 4) is 22.7 Å². The van der Waals surface area contributed by atoms with Crippen molar-refractivity contribution in [2.45, 2.75) is 0 Å². The predicted molar refractivity (Wildman–Crippen MR) is 142 cm³/mol. The molecule has 2 heterocycles. The summed E-state index contributed by atoms with van der Waals surface area (Å²) < 4.78 is 6.96. The molecule has 0 N–H and O–H groups in total. The Balaban J connectivity index is 1.41. The van der Waals surface area contributed by atoms with Crippen LogP contribution in [0.1, 0.15) is 10.5 Å². The first-order valence-electron chi connectivity index (χ1n) is 11.7. The van der Waals surface area contributed by atoms with E-state index < -0.39 is 4.92 Å². The van der Waals surface area contributed by atoms with E-state index in [0.717, 1.165) is 11.3 Å². The van der Waals surface area contributed by atoms with Crippen LogP contribution >= 0.6 is 11.6 Å². The van der Waals surface area contributed by atoms with E-state index in [0.29, 0.717) is 54.0 Å². The average molecular weight is 518 g/mol. The number of aromatic nitrogens is 2. The van der Waals surface area contributed by atoms with E-state index >= 15 is 0 Å². The first-order valence-corrected chi connectivity index (χ1v) is 12.1. The van der Waals surface area contributed by atoms with E-state index in [1.54, 1.807) is 41.0 Å². The minimum Gasteiger partial charge on any atom is -0.497 e. The Morgan fingerprint density at radius 1 is 0.973 bits per heavy atom. The average Bonchev–Trinajstić information content (AvgIpc) is 3.38. The van der Waals surface area contributed by atoms with Crippen LogP contribution in [0.15, 0.2) is 78.9 Å². The van der Waals surface area contributed by atoms with Gasteiger partial charge in [-0.25, -0.2) is 4.68 Å². The second-order valence-electron chi connectivity index (χ2n) is 8.56. The van der Waals surface area contributed by atoms with E-state index in [2.05, 4.69) is 4.90 Å². The first-order chi connectivity index (χ1) is 17.9. The summed E-state index contributed by atoms with van der Waals surface area (Å²) in [7, 11) is 1.60. The SMILES string of the molecule is COc1cccc(-c2cc(C(=O)N3CCN(c4ccc([N+](=O)[O-])cc4)CC3)n(-c3ccccc3Cl)n2)c1. The number of carbonyl (C=O) groups excluding carboxylic acids is 1. The highest BCUT2D eigenvalue weighted by Crippen LogP contribution is 2.29. The molecule has 0 spiro atoms. The molecule has 5 rings (SSSR count). The fourth-order valence-corrected chi connectivity index (χ4v) is 4.59. The third-order valence-corrected chi connectivity index (χ3v) is 6.69. The maximum Gasteiger partial charge on any atom is 0.272 e. The number of amides is 1. The Morgan fingerprint density at radius 3 is 2.38 bits per heavy atom. The molecular weight excluding hydrogens is 494 g/mol. The molecule has 37 heavy (non-hydrogen) atoms. The number of anilines is 1. The molecule has 9 nitrogen and oxygen atoms in total. The number of carbonyl (C=O) groups is 1. The van der Waals surface area contributed by atoms with Crippen LogP contribution in [0.5, 0.6) is 5.75 Å². The van der Waals surface area contributed by atoms with Crippen LogP contribution in [-0.2, 0) is 0 Å². The Labute approximate surface area is 218 Å². The van der Waals surface area contributed by atoms with Gasteiger partial charge in [-0.1, -0.05) is 35.9 Å². The number of hydrogen-bond donors (Lipinski definition) is 0. The minimum atomic E-state index is -0.414. The summed E-state index contributed by atoms with van der Waals surface area (Å²) in [6, 6.07) is 23.0. The van der Waals surface area contributed by atoms with E-state index in [1.807, 2.05) is 42.5 Å². The smallest absolute Gasteiger partial charge is 0.272 e. The highest BCUT2D eigenvalue weighted by molar-refractivity contribution is 6.32. The number of piperazine rings is 1. The molecule has 1 aliphatic rings. The standard InChI is InChI=1S/C27H24ClN5O4/c1-37-22-6-4-5-19(17-22)24-18-26(32(29-24)25-8-3-2-7-23(25)28)27(34)31-15-13-30(14-16-31)20-9-11-21(12-10-20)33(35)36/h2-12,17-18H,13-16H2,1H3. The number of methoxy groups -OCH3 is 1. The van der Waals surface area contributed by atoms with Gasteiger partial charge in [-0.15, -0.1) is 0 Å². The van der Waals surface area contributed by atoms with Gasteiger partial charge in [0.1, 0.15) is 11.4 Å². The normalized spacial score (nSPS) is 13.5. The highest BCUT2D eigenvalue weighted by Gasteiger charge is 2.27. The number of hydrogen-bond acceptors (Lipinski definition) is 6. The van der Waals surface area contributed by atoms with Crippen molar-refractivity contribution >= 4 is 28.9 Å². The number of nitro groups is 1. The second-order valence-corrected chi connectivity index (χ2v) is 8.97. The maximum absolute atomic E-state index is 13.7.